The standard InChI is InChI=1S/C15H23NO3/c1-4-5-9-19-10-8-16-12-13-6-7-14(17-2)15(11-13)18-3/h4,6-7,11,16H,1,5,8-10,12H2,2-3H3. The minimum atomic E-state index is 0.709. The van der Waals surface area contributed by atoms with Crippen LogP contribution in [0.15, 0.2) is 30.9 Å². The Labute approximate surface area is 115 Å². The summed E-state index contributed by atoms with van der Waals surface area (Å²) in [6.07, 6.45) is 2.76. The van der Waals surface area contributed by atoms with Crippen LogP contribution in [0.2, 0.25) is 0 Å². The highest BCUT2D eigenvalue weighted by Gasteiger charge is 2.03. The van der Waals surface area contributed by atoms with Crippen molar-refractivity contribution in [2.24, 2.45) is 0 Å². The molecular weight excluding hydrogens is 242 g/mol. The summed E-state index contributed by atoms with van der Waals surface area (Å²) >= 11 is 0. The largest absolute Gasteiger partial charge is 0.493 e. The number of methoxy groups -OCH3 is 2. The van der Waals surface area contributed by atoms with E-state index in [4.69, 9.17) is 14.2 Å². The number of hydrogen-bond acceptors (Lipinski definition) is 4. The zero-order valence-electron chi connectivity index (χ0n) is 11.8. The second-order valence-corrected chi connectivity index (χ2v) is 4.06. The molecule has 0 fully saturated rings. The summed E-state index contributed by atoms with van der Waals surface area (Å²) in [6.45, 7) is 6.70. The second kappa shape index (κ2) is 9.42. The van der Waals surface area contributed by atoms with Gasteiger partial charge in [0.1, 0.15) is 0 Å². The molecule has 0 aliphatic carbocycles. The lowest BCUT2D eigenvalue weighted by Gasteiger charge is -2.10. The van der Waals surface area contributed by atoms with Crippen molar-refractivity contribution < 1.29 is 14.2 Å². The number of hydrogen-bond donors (Lipinski definition) is 1. The Morgan fingerprint density at radius 3 is 2.63 bits per heavy atom. The number of ether oxygens (including phenoxy) is 3. The van der Waals surface area contributed by atoms with Crippen molar-refractivity contribution in [2.75, 3.05) is 34.0 Å². The van der Waals surface area contributed by atoms with Crippen LogP contribution in [0.5, 0.6) is 11.5 Å². The van der Waals surface area contributed by atoms with E-state index >= 15 is 0 Å². The molecule has 0 amide bonds. The van der Waals surface area contributed by atoms with Crippen LogP contribution < -0.4 is 14.8 Å². The van der Waals surface area contributed by atoms with Crippen molar-refractivity contribution in [2.45, 2.75) is 13.0 Å². The molecule has 1 aromatic rings. The van der Waals surface area contributed by atoms with E-state index in [0.717, 1.165) is 43.2 Å². The molecule has 0 aromatic heterocycles. The molecule has 0 unspecified atom stereocenters. The Bertz CT molecular complexity index is 380. The van der Waals surface area contributed by atoms with Gasteiger partial charge in [-0.2, -0.15) is 0 Å². The van der Waals surface area contributed by atoms with Crippen molar-refractivity contribution in [3.63, 3.8) is 0 Å². The zero-order valence-corrected chi connectivity index (χ0v) is 11.8. The summed E-state index contributed by atoms with van der Waals surface area (Å²) < 4.78 is 15.9. The van der Waals surface area contributed by atoms with Gasteiger partial charge in [-0.3, -0.25) is 0 Å². The van der Waals surface area contributed by atoms with Gasteiger partial charge in [0.25, 0.3) is 0 Å². The molecule has 0 saturated carbocycles. The molecule has 0 atom stereocenters. The maximum atomic E-state index is 5.41. The van der Waals surface area contributed by atoms with Crippen molar-refractivity contribution in [1.29, 1.82) is 0 Å². The Morgan fingerprint density at radius 2 is 1.95 bits per heavy atom. The monoisotopic (exact) mass is 265 g/mol. The normalized spacial score (nSPS) is 10.2. The van der Waals surface area contributed by atoms with E-state index in [1.165, 1.54) is 0 Å². The lowest BCUT2D eigenvalue weighted by atomic mass is 10.2. The zero-order chi connectivity index (χ0) is 13.9. The molecule has 106 valence electrons. The third-order valence-corrected chi connectivity index (χ3v) is 2.67. The van der Waals surface area contributed by atoms with E-state index in [2.05, 4.69) is 11.9 Å². The predicted molar refractivity (Wildman–Crippen MR) is 76.9 cm³/mol. The molecule has 4 heteroatoms. The minimum Gasteiger partial charge on any atom is -0.493 e. The van der Waals surface area contributed by atoms with Gasteiger partial charge in [0.2, 0.25) is 0 Å². The van der Waals surface area contributed by atoms with Crippen LogP contribution in [-0.4, -0.2) is 34.0 Å². The predicted octanol–water partition coefficient (Wildman–Crippen LogP) is 2.39. The van der Waals surface area contributed by atoms with Crippen LogP contribution in [0.1, 0.15) is 12.0 Å². The fourth-order valence-electron chi connectivity index (χ4n) is 1.64. The van der Waals surface area contributed by atoms with Crippen LogP contribution >= 0.6 is 0 Å². The molecule has 0 aliphatic rings. The molecule has 0 bridgehead atoms. The smallest absolute Gasteiger partial charge is 0.161 e. The average Bonchev–Trinajstić information content (AvgIpc) is 2.46. The van der Waals surface area contributed by atoms with E-state index in [-0.39, 0.29) is 0 Å². The topological polar surface area (TPSA) is 39.7 Å². The van der Waals surface area contributed by atoms with Crippen LogP contribution in [0, 0.1) is 0 Å². The summed E-state index contributed by atoms with van der Waals surface area (Å²) in [7, 11) is 3.28. The van der Waals surface area contributed by atoms with Gasteiger partial charge in [-0.1, -0.05) is 12.1 Å². The van der Waals surface area contributed by atoms with Gasteiger partial charge in [0, 0.05) is 13.1 Å². The van der Waals surface area contributed by atoms with E-state index in [9.17, 15) is 0 Å². The van der Waals surface area contributed by atoms with Gasteiger partial charge >= 0.3 is 0 Å². The summed E-state index contributed by atoms with van der Waals surface area (Å²) in [5, 5.41) is 3.32. The molecule has 1 N–H and O–H groups in total. The van der Waals surface area contributed by atoms with Crippen LogP contribution in [0.3, 0.4) is 0 Å². The first-order valence-corrected chi connectivity index (χ1v) is 6.42. The number of rotatable bonds is 10. The molecule has 0 heterocycles. The number of benzene rings is 1. The molecule has 0 aliphatic heterocycles. The van der Waals surface area contributed by atoms with Crippen molar-refractivity contribution >= 4 is 0 Å². The molecular formula is C15H23NO3. The Morgan fingerprint density at radius 1 is 1.16 bits per heavy atom. The highest BCUT2D eigenvalue weighted by Crippen LogP contribution is 2.27. The molecule has 1 aromatic carbocycles. The maximum Gasteiger partial charge on any atom is 0.161 e. The van der Waals surface area contributed by atoms with E-state index in [1.54, 1.807) is 14.2 Å². The van der Waals surface area contributed by atoms with E-state index in [1.807, 2.05) is 24.3 Å². The second-order valence-electron chi connectivity index (χ2n) is 4.06. The van der Waals surface area contributed by atoms with E-state index < -0.39 is 0 Å². The van der Waals surface area contributed by atoms with Crippen molar-refractivity contribution in [3.8, 4) is 11.5 Å². The highest BCUT2D eigenvalue weighted by molar-refractivity contribution is 5.42. The first-order valence-electron chi connectivity index (χ1n) is 6.42. The fraction of sp³-hybridized carbons (Fsp3) is 0.467. The molecule has 1 rings (SSSR count). The SMILES string of the molecule is C=CCCOCCNCc1ccc(OC)c(OC)c1. The van der Waals surface area contributed by atoms with Crippen LogP contribution in [0.25, 0.3) is 0 Å². The Balaban J connectivity index is 2.27. The van der Waals surface area contributed by atoms with Crippen molar-refractivity contribution in [1.82, 2.24) is 5.32 Å². The number of nitrogens with one attached hydrogen (secondary N) is 1. The maximum absolute atomic E-state index is 5.41. The Kier molecular flexibility index (Phi) is 7.70. The first-order chi connectivity index (χ1) is 9.31. The summed E-state index contributed by atoms with van der Waals surface area (Å²) in [6, 6.07) is 5.91. The fourth-order valence-corrected chi connectivity index (χ4v) is 1.64. The van der Waals surface area contributed by atoms with Crippen molar-refractivity contribution in [3.05, 3.63) is 36.4 Å². The van der Waals surface area contributed by atoms with Gasteiger partial charge in [-0.15, -0.1) is 6.58 Å². The molecule has 0 saturated heterocycles. The minimum absolute atomic E-state index is 0.709. The molecule has 0 spiro atoms. The molecule has 0 radical (unpaired) electrons. The third-order valence-electron chi connectivity index (χ3n) is 2.67. The summed E-state index contributed by atoms with van der Waals surface area (Å²) in [4.78, 5) is 0. The van der Waals surface area contributed by atoms with Crippen LogP contribution in [-0.2, 0) is 11.3 Å². The average molecular weight is 265 g/mol. The lowest BCUT2D eigenvalue weighted by Crippen LogP contribution is -2.19. The lowest BCUT2D eigenvalue weighted by molar-refractivity contribution is 0.140. The van der Waals surface area contributed by atoms with Gasteiger partial charge < -0.3 is 19.5 Å². The van der Waals surface area contributed by atoms with Crippen LogP contribution in [0.4, 0.5) is 0 Å². The molecule has 19 heavy (non-hydrogen) atoms. The van der Waals surface area contributed by atoms with Gasteiger partial charge in [-0.05, 0) is 24.1 Å². The summed E-state index contributed by atoms with van der Waals surface area (Å²) in [5.41, 5.74) is 1.16. The summed E-state index contributed by atoms with van der Waals surface area (Å²) in [5.74, 6) is 1.50. The Hall–Kier alpha value is -1.52. The van der Waals surface area contributed by atoms with Gasteiger partial charge in [0.15, 0.2) is 11.5 Å². The third kappa shape index (κ3) is 5.77. The molecule has 4 nitrogen and oxygen atoms in total. The quantitative estimate of drug-likeness (QED) is 0.521. The highest BCUT2D eigenvalue weighted by atomic mass is 16.5. The van der Waals surface area contributed by atoms with Gasteiger partial charge in [-0.25, -0.2) is 0 Å². The van der Waals surface area contributed by atoms with E-state index in [0.29, 0.717) is 6.61 Å². The first kappa shape index (κ1) is 15.5. The van der Waals surface area contributed by atoms with Gasteiger partial charge in [0.05, 0.1) is 27.4 Å².